The average molecular weight is 885 g/mol. The van der Waals surface area contributed by atoms with Gasteiger partial charge in [-0.3, -0.25) is 14.4 Å². The first-order chi connectivity index (χ1) is 31.0. The molecule has 0 N–H and O–H groups in total. The Kier molecular flexibility index (Phi) is 50.3. The van der Waals surface area contributed by atoms with E-state index in [0.29, 0.717) is 19.3 Å². The summed E-state index contributed by atoms with van der Waals surface area (Å²) in [4.78, 5) is 38.0. The Hall–Kier alpha value is -2.37. The molecule has 0 heterocycles. The summed E-state index contributed by atoms with van der Waals surface area (Å²) < 4.78 is 16.8. The normalized spacial score (nSPS) is 12.2. The quantitative estimate of drug-likeness (QED) is 0.0262. The minimum absolute atomic E-state index is 0.0741. The summed E-state index contributed by atoms with van der Waals surface area (Å²) in [7, 11) is 0. The fraction of sp³-hybridized carbons (Fsp3) is 0.842. The second-order valence-electron chi connectivity index (χ2n) is 18.5. The zero-order valence-corrected chi connectivity index (χ0v) is 42.1. The minimum Gasteiger partial charge on any atom is -0.462 e. The first-order valence-electron chi connectivity index (χ1n) is 27.5. The number of rotatable bonds is 50. The van der Waals surface area contributed by atoms with E-state index in [-0.39, 0.29) is 31.1 Å². The largest absolute Gasteiger partial charge is 0.462 e. The van der Waals surface area contributed by atoms with Crippen LogP contribution in [0.2, 0.25) is 0 Å². The van der Waals surface area contributed by atoms with Crippen LogP contribution in [0.25, 0.3) is 0 Å². The Morgan fingerprint density at radius 2 is 0.619 bits per heavy atom. The number of ether oxygens (including phenoxy) is 3. The molecule has 368 valence electrons. The zero-order valence-electron chi connectivity index (χ0n) is 42.1. The predicted molar refractivity (Wildman–Crippen MR) is 270 cm³/mol. The molecule has 0 radical (unpaired) electrons. The summed E-state index contributed by atoms with van der Waals surface area (Å²) >= 11 is 0. The van der Waals surface area contributed by atoms with Crippen molar-refractivity contribution in [3.8, 4) is 0 Å². The molecule has 6 heteroatoms. The number of allylic oxidation sites excluding steroid dienone is 6. The molecule has 0 saturated heterocycles. The molecule has 0 amide bonds. The maximum absolute atomic E-state index is 12.8. The van der Waals surface area contributed by atoms with E-state index >= 15 is 0 Å². The van der Waals surface area contributed by atoms with Gasteiger partial charge in [-0.15, -0.1) is 0 Å². The summed E-state index contributed by atoms with van der Waals surface area (Å²) in [6, 6.07) is 0. The molecule has 0 aromatic carbocycles. The van der Waals surface area contributed by atoms with Crippen LogP contribution in [0.1, 0.15) is 290 Å². The number of carbonyl (C=O) groups excluding carboxylic acids is 3. The van der Waals surface area contributed by atoms with Gasteiger partial charge < -0.3 is 14.2 Å². The highest BCUT2D eigenvalue weighted by Crippen LogP contribution is 2.17. The molecule has 1 unspecified atom stereocenters. The molecule has 0 aromatic heterocycles. The van der Waals surface area contributed by atoms with E-state index in [4.69, 9.17) is 14.2 Å². The van der Waals surface area contributed by atoms with Gasteiger partial charge in [-0.05, 0) is 38.5 Å². The van der Waals surface area contributed by atoms with E-state index in [2.05, 4.69) is 57.2 Å². The number of hydrogen-bond acceptors (Lipinski definition) is 6. The van der Waals surface area contributed by atoms with Crippen LogP contribution in [0.3, 0.4) is 0 Å². The molecule has 63 heavy (non-hydrogen) atoms. The van der Waals surface area contributed by atoms with Crippen molar-refractivity contribution in [3.63, 3.8) is 0 Å². The van der Waals surface area contributed by atoms with Gasteiger partial charge in [0.05, 0.1) is 0 Å². The maximum Gasteiger partial charge on any atom is 0.306 e. The van der Waals surface area contributed by atoms with Gasteiger partial charge in [0.25, 0.3) is 0 Å². The third kappa shape index (κ3) is 50.5. The third-order valence-corrected chi connectivity index (χ3v) is 12.2. The molecule has 0 aromatic rings. The lowest BCUT2D eigenvalue weighted by molar-refractivity contribution is -0.167. The fourth-order valence-electron chi connectivity index (χ4n) is 8.09. The van der Waals surface area contributed by atoms with Crippen molar-refractivity contribution in [2.45, 2.75) is 297 Å². The van der Waals surface area contributed by atoms with E-state index in [9.17, 15) is 14.4 Å². The molecule has 6 nitrogen and oxygen atoms in total. The SMILES string of the molecule is CC/C=C/C=C/C=C/CCCCCCCC(=O)OCC(COC(=O)CCCCCCCCCCCCCCCCCC)OC(=O)CCCCCCCCCCCCCCCCCC. The Labute approximate surface area is 391 Å². The van der Waals surface area contributed by atoms with Crippen molar-refractivity contribution in [1.29, 1.82) is 0 Å². The smallest absolute Gasteiger partial charge is 0.306 e. The van der Waals surface area contributed by atoms with Gasteiger partial charge in [0, 0.05) is 19.3 Å². The van der Waals surface area contributed by atoms with E-state index in [1.165, 1.54) is 167 Å². The van der Waals surface area contributed by atoms with Crippen molar-refractivity contribution >= 4 is 17.9 Å². The summed E-state index contributed by atoms with van der Waals surface area (Å²) in [5, 5.41) is 0. The highest BCUT2D eigenvalue weighted by atomic mass is 16.6. The summed E-state index contributed by atoms with van der Waals surface area (Å²) in [6.07, 6.45) is 61.3. The van der Waals surface area contributed by atoms with E-state index in [1.807, 2.05) is 0 Å². The second kappa shape index (κ2) is 52.3. The molecule has 0 rings (SSSR count). The van der Waals surface area contributed by atoms with Gasteiger partial charge in [-0.2, -0.15) is 0 Å². The minimum atomic E-state index is -0.775. The van der Waals surface area contributed by atoms with Crippen LogP contribution in [-0.4, -0.2) is 37.2 Å². The lowest BCUT2D eigenvalue weighted by Gasteiger charge is -2.18. The van der Waals surface area contributed by atoms with Crippen LogP contribution < -0.4 is 0 Å². The van der Waals surface area contributed by atoms with Crippen LogP contribution in [0.15, 0.2) is 36.5 Å². The molecule has 0 fully saturated rings. The van der Waals surface area contributed by atoms with Gasteiger partial charge in [0.1, 0.15) is 13.2 Å². The van der Waals surface area contributed by atoms with Crippen molar-refractivity contribution in [2.24, 2.45) is 0 Å². The highest BCUT2D eigenvalue weighted by Gasteiger charge is 2.19. The van der Waals surface area contributed by atoms with Crippen LogP contribution in [0.4, 0.5) is 0 Å². The van der Waals surface area contributed by atoms with Crippen molar-refractivity contribution in [2.75, 3.05) is 13.2 Å². The van der Waals surface area contributed by atoms with Crippen molar-refractivity contribution < 1.29 is 28.6 Å². The predicted octanol–water partition coefficient (Wildman–Crippen LogP) is 18.1. The molecular formula is C57H104O6. The first-order valence-corrected chi connectivity index (χ1v) is 27.5. The van der Waals surface area contributed by atoms with Crippen molar-refractivity contribution in [1.82, 2.24) is 0 Å². The molecule has 0 aliphatic carbocycles. The standard InChI is InChI=1S/C57H104O6/c1-4-7-10-13-16-19-22-25-27-29-32-35-38-41-44-47-50-56(59)62-53-54(52-61-55(58)49-46-43-40-37-34-31-24-21-18-15-12-9-6-3)63-57(60)51-48-45-42-39-36-33-30-28-26-23-20-17-14-11-8-5-2/h9,12,15,18,21,24,54H,4-8,10-11,13-14,16-17,19-20,22-23,25-53H2,1-3H3/b12-9+,18-15+,24-21+. The molecule has 0 spiro atoms. The number of unbranched alkanes of at least 4 members (excludes halogenated alkanes) is 35. The van der Waals surface area contributed by atoms with E-state index in [1.54, 1.807) is 0 Å². The van der Waals surface area contributed by atoms with Gasteiger partial charge in [0.2, 0.25) is 0 Å². The van der Waals surface area contributed by atoms with E-state index in [0.717, 1.165) is 83.5 Å². The Balaban J connectivity index is 4.34. The Morgan fingerprint density at radius 1 is 0.333 bits per heavy atom. The Morgan fingerprint density at radius 3 is 0.952 bits per heavy atom. The second-order valence-corrected chi connectivity index (χ2v) is 18.5. The van der Waals surface area contributed by atoms with E-state index < -0.39 is 6.10 Å². The average Bonchev–Trinajstić information content (AvgIpc) is 3.28. The van der Waals surface area contributed by atoms with Crippen LogP contribution in [0, 0.1) is 0 Å². The molecular weight excluding hydrogens is 781 g/mol. The van der Waals surface area contributed by atoms with Gasteiger partial charge in [-0.25, -0.2) is 0 Å². The lowest BCUT2D eigenvalue weighted by atomic mass is 10.0. The van der Waals surface area contributed by atoms with Crippen LogP contribution in [0.5, 0.6) is 0 Å². The van der Waals surface area contributed by atoms with Gasteiger partial charge in [0.15, 0.2) is 6.10 Å². The fourth-order valence-corrected chi connectivity index (χ4v) is 8.09. The maximum atomic E-state index is 12.8. The van der Waals surface area contributed by atoms with Crippen LogP contribution in [-0.2, 0) is 28.6 Å². The Bertz CT molecular complexity index is 1060. The highest BCUT2D eigenvalue weighted by molar-refractivity contribution is 5.71. The molecule has 0 aliphatic rings. The van der Waals surface area contributed by atoms with Crippen LogP contribution >= 0.6 is 0 Å². The zero-order chi connectivity index (χ0) is 45.8. The number of esters is 3. The molecule has 0 bridgehead atoms. The monoisotopic (exact) mass is 885 g/mol. The summed E-state index contributed by atoms with van der Waals surface area (Å²) in [5.74, 6) is -0.878. The van der Waals surface area contributed by atoms with Gasteiger partial charge >= 0.3 is 17.9 Å². The number of hydrogen-bond donors (Lipinski definition) is 0. The third-order valence-electron chi connectivity index (χ3n) is 12.2. The molecule has 0 saturated carbocycles. The lowest BCUT2D eigenvalue weighted by Crippen LogP contribution is -2.30. The van der Waals surface area contributed by atoms with Gasteiger partial charge in [-0.1, -0.05) is 269 Å². The topological polar surface area (TPSA) is 78.9 Å². The molecule has 1 atom stereocenters. The first kappa shape index (κ1) is 60.6. The molecule has 0 aliphatic heterocycles. The summed E-state index contributed by atoms with van der Waals surface area (Å²) in [6.45, 7) is 6.53. The number of carbonyl (C=O) groups is 3. The summed E-state index contributed by atoms with van der Waals surface area (Å²) in [5.41, 5.74) is 0. The van der Waals surface area contributed by atoms with Crippen molar-refractivity contribution in [3.05, 3.63) is 36.5 Å².